The highest BCUT2D eigenvalue weighted by molar-refractivity contribution is 5.93. The highest BCUT2D eigenvalue weighted by Crippen LogP contribution is 2.26. The summed E-state index contributed by atoms with van der Waals surface area (Å²) in [5.41, 5.74) is 3.99. The van der Waals surface area contributed by atoms with Crippen LogP contribution in [0.15, 0.2) is 48.5 Å². The van der Waals surface area contributed by atoms with E-state index in [1.807, 2.05) is 0 Å². The van der Waals surface area contributed by atoms with E-state index in [-0.39, 0.29) is 29.8 Å². The van der Waals surface area contributed by atoms with Gasteiger partial charge in [-0.15, -0.1) is 0 Å². The van der Waals surface area contributed by atoms with E-state index < -0.39 is 0 Å². The van der Waals surface area contributed by atoms with Crippen LogP contribution in [0.5, 0.6) is 0 Å². The van der Waals surface area contributed by atoms with Crippen molar-refractivity contribution in [2.45, 2.75) is 53.0 Å². The number of hydrogen-bond donors (Lipinski definition) is 3. The lowest BCUT2D eigenvalue weighted by atomic mass is 9.85. The second-order valence-corrected chi connectivity index (χ2v) is 8.78. The molecule has 29 heavy (non-hydrogen) atoms. The number of carbonyl (C=O) groups is 2. The molecule has 0 aromatic heterocycles. The highest BCUT2D eigenvalue weighted by atomic mass is 16.2. The highest BCUT2D eigenvalue weighted by Gasteiger charge is 2.18. The first-order valence-corrected chi connectivity index (χ1v) is 10.1. The maximum Gasteiger partial charge on any atom is 0.238 e. The van der Waals surface area contributed by atoms with Gasteiger partial charge in [-0.1, -0.05) is 58.9 Å². The molecule has 2 aromatic rings. The molecule has 0 aliphatic rings. The van der Waals surface area contributed by atoms with Crippen LogP contribution >= 0.6 is 0 Å². The van der Waals surface area contributed by atoms with Crippen LogP contribution in [0.2, 0.25) is 0 Å². The second-order valence-electron chi connectivity index (χ2n) is 8.78. The summed E-state index contributed by atoms with van der Waals surface area (Å²) in [4.78, 5) is 23.5. The largest absolute Gasteiger partial charge is 0.326 e. The van der Waals surface area contributed by atoms with Crippen LogP contribution in [0.3, 0.4) is 0 Å². The third-order valence-electron chi connectivity index (χ3n) is 4.77. The molecule has 0 radical (unpaired) electrons. The summed E-state index contributed by atoms with van der Waals surface area (Å²) in [6.45, 7) is 12.6. The van der Waals surface area contributed by atoms with Crippen LogP contribution in [0, 0.1) is 5.92 Å². The predicted octanol–water partition coefficient (Wildman–Crippen LogP) is 4.87. The van der Waals surface area contributed by atoms with Gasteiger partial charge < -0.3 is 16.0 Å². The topological polar surface area (TPSA) is 70.2 Å². The van der Waals surface area contributed by atoms with E-state index in [2.05, 4.69) is 74.8 Å². The molecule has 0 saturated heterocycles. The fraction of sp³-hybridized carbons (Fsp3) is 0.417. The zero-order valence-corrected chi connectivity index (χ0v) is 18.3. The third-order valence-corrected chi connectivity index (χ3v) is 4.77. The van der Waals surface area contributed by atoms with Crippen LogP contribution in [0.4, 0.5) is 11.4 Å². The summed E-state index contributed by atoms with van der Waals surface area (Å²) in [6, 6.07) is 15.8. The van der Waals surface area contributed by atoms with Crippen molar-refractivity contribution in [2.75, 3.05) is 17.2 Å². The Morgan fingerprint density at radius 1 is 0.862 bits per heavy atom. The number of benzene rings is 2. The van der Waals surface area contributed by atoms with E-state index in [4.69, 9.17) is 0 Å². The lowest BCUT2D eigenvalue weighted by Crippen LogP contribution is -2.33. The fourth-order valence-electron chi connectivity index (χ4n) is 3.18. The van der Waals surface area contributed by atoms with Gasteiger partial charge >= 0.3 is 0 Å². The third kappa shape index (κ3) is 7.02. The Labute approximate surface area is 174 Å². The van der Waals surface area contributed by atoms with Crippen LogP contribution in [-0.2, 0) is 15.0 Å². The number of rotatable bonds is 7. The van der Waals surface area contributed by atoms with Crippen LogP contribution in [-0.4, -0.2) is 18.4 Å². The first-order chi connectivity index (χ1) is 13.6. The molecule has 3 N–H and O–H groups in total. The number of nitrogens with one attached hydrogen (secondary N) is 3. The minimum Gasteiger partial charge on any atom is -0.326 e. The predicted molar refractivity (Wildman–Crippen MR) is 120 cm³/mol. The summed E-state index contributed by atoms with van der Waals surface area (Å²) in [5.74, 6) is 0.121. The monoisotopic (exact) mass is 395 g/mol. The maximum absolute atomic E-state index is 12.4. The summed E-state index contributed by atoms with van der Waals surface area (Å²) >= 11 is 0. The summed E-state index contributed by atoms with van der Waals surface area (Å²) in [5, 5.41) is 8.97. The van der Waals surface area contributed by atoms with Gasteiger partial charge in [0.15, 0.2) is 0 Å². The Bertz CT molecular complexity index is 819. The minimum absolute atomic E-state index is 0.0944. The van der Waals surface area contributed by atoms with Crippen molar-refractivity contribution in [3.05, 3.63) is 59.7 Å². The summed E-state index contributed by atoms with van der Waals surface area (Å²) in [6.07, 6.45) is 0. The lowest BCUT2D eigenvalue weighted by molar-refractivity contribution is -0.116. The second kappa shape index (κ2) is 9.70. The quantitative estimate of drug-likeness (QED) is 0.626. The van der Waals surface area contributed by atoms with Crippen molar-refractivity contribution in [3.8, 4) is 0 Å². The molecule has 0 saturated carbocycles. The molecule has 2 aromatic carbocycles. The molecule has 0 bridgehead atoms. The first-order valence-electron chi connectivity index (χ1n) is 10.1. The molecule has 0 heterocycles. The van der Waals surface area contributed by atoms with Gasteiger partial charge in [0.2, 0.25) is 11.8 Å². The molecule has 5 nitrogen and oxygen atoms in total. The van der Waals surface area contributed by atoms with Gasteiger partial charge in [-0.25, -0.2) is 0 Å². The average molecular weight is 396 g/mol. The Hall–Kier alpha value is -2.66. The number of hydrogen-bond acceptors (Lipinski definition) is 3. The molecule has 0 fully saturated rings. The minimum atomic E-state index is -0.124. The zero-order chi connectivity index (χ0) is 21.6. The molecule has 2 amide bonds. The van der Waals surface area contributed by atoms with Gasteiger partial charge in [0.05, 0.1) is 6.54 Å². The smallest absolute Gasteiger partial charge is 0.238 e. The SMILES string of the molecule is CC(=O)Nc1ccc(NC(=O)CN[C@H](c2ccc(C(C)(C)C)cc2)C(C)C)cc1. The lowest BCUT2D eigenvalue weighted by Gasteiger charge is -2.25. The van der Waals surface area contributed by atoms with E-state index in [1.165, 1.54) is 18.1 Å². The van der Waals surface area contributed by atoms with Crippen LogP contribution < -0.4 is 16.0 Å². The molecule has 5 heteroatoms. The Morgan fingerprint density at radius 3 is 1.83 bits per heavy atom. The zero-order valence-electron chi connectivity index (χ0n) is 18.3. The van der Waals surface area contributed by atoms with E-state index in [9.17, 15) is 9.59 Å². The van der Waals surface area contributed by atoms with Gasteiger partial charge in [-0.05, 0) is 46.7 Å². The van der Waals surface area contributed by atoms with Gasteiger partial charge in [0.1, 0.15) is 0 Å². The van der Waals surface area contributed by atoms with Gasteiger partial charge in [-0.3, -0.25) is 9.59 Å². The molecular formula is C24H33N3O2. The van der Waals surface area contributed by atoms with E-state index in [1.54, 1.807) is 24.3 Å². The summed E-state index contributed by atoms with van der Waals surface area (Å²) in [7, 11) is 0. The molecule has 0 unspecified atom stereocenters. The Morgan fingerprint density at radius 2 is 1.38 bits per heavy atom. The first kappa shape index (κ1) is 22.6. The summed E-state index contributed by atoms with van der Waals surface area (Å²) < 4.78 is 0. The molecule has 1 atom stereocenters. The van der Waals surface area contributed by atoms with Crippen molar-refractivity contribution in [3.63, 3.8) is 0 Å². The molecule has 2 rings (SSSR count). The number of carbonyl (C=O) groups excluding carboxylic acids is 2. The van der Waals surface area contributed by atoms with Crippen molar-refractivity contribution >= 4 is 23.2 Å². The van der Waals surface area contributed by atoms with E-state index in [0.29, 0.717) is 17.3 Å². The molecule has 156 valence electrons. The molecular weight excluding hydrogens is 362 g/mol. The van der Waals surface area contributed by atoms with Crippen molar-refractivity contribution in [1.82, 2.24) is 5.32 Å². The number of amides is 2. The van der Waals surface area contributed by atoms with Crippen molar-refractivity contribution < 1.29 is 9.59 Å². The molecule has 0 aliphatic carbocycles. The molecule has 0 spiro atoms. The van der Waals surface area contributed by atoms with E-state index >= 15 is 0 Å². The maximum atomic E-state index is 12.4. The average Bonchev–Trinajstić information content (AvgIpc) is 2.62. The van der Waals surface area contributed by atoms with Crippen LogP contribution in [0.25, 0.3) is 0 Å². The Balaban J connectivity index is 1.96. The molecule has 0 aliphatic heterocycles. The Kier molecular flexibility index (Phi) is 7.57. The van der Waals surface area contributed by atoms with E-state index in [0.717, 1.165) is 0 Å². The van der Waals surface area contributed by atoms with Crippen molar-refractivity contribution in [1.29, 1.82) is 0 Å². The normalized spacial score (nSPS) is 12.5. The standard InChI is InChI=1S/C24H33N3O2/c1-16(2)23(18-7-9-19(10-8-18)24(4,5)6)25-15-22(29)27-21-13-11-20(12-14-21)26-17(3)28/h7-14,16,23,25H,15H2,1-6H3,(H,26,28)(H,27,29)/t23-/m0/s1. The van der Waals surface area contributed by atoms with Crippen LogP contribution in [0.1, 0.15) is 58.7 Å². The van der Waals surface area contributed by atoms with Gasteiger partial charge in [0, 0.05) is 24.3 Å². The fourth-order valence-corrected chi connectivity index (χ4v) is 3.18. The van der Waals surface area contributed by atoms with Gasteiger partial charge in [-0.2, -0.15) is 0 Å². The number of anilines is 2. The van der Waals surface area contributed by atoms with Crippen molar-refractivity contribution in [2.24, 2.45) is 5.92 Å². The van der Waals surface area contributed by atoms with Gasteiger partial charge in [0.25, 0.3) is 0 Å².